The minimum Gasteiger partial charge on any atom is -0.245 e. The topological polar surface area (TPSA) is 38.7 Å². The first kappa shape index (κ1) is 23.1. The summed E-state index contributed by atoms with van der Waals surface area (Å²) in [5.74, 6) is 0.698. The Bertz CT molecular complexity index is 2450. The smallest absolute Gasteiger partial charge is 0.160 e. The van der Waals surface area contributed by atoms with Gasteiger partial charge in [0.25, 0.3) is 0 Å². The lowest BCUT2D eigenvalue weighted by molar-refractivity contribution is 1.23. The van der Waals surface area contributed by atoms with E-state index in [1.54, 1.807) is 0 Å². The quantitative estimate of drug-likeness (QED) is 0.212. The van der Waals surface area contributed by atoms with Crippen LogP contribution in [0.15, 0.2) is 140 Å². The molecule has 2 aromatic heterocycles. The third-order valence-electron chi connectivity index (χ3n) is 8.39. The Kier molecular flexibility index (Phi) is 4.90. The monoisotopic (exact) mass is 533 g/mol. The first-order valence-corrected chi connectivity index (χ1v) is 14.2. The lowest BCUT2D eigenvalue weighted by Gasteiger charge is -2.15. The molecule has 0 aliphatic rings. The third-order valence-corrected chi connectivity index (χ3v) is 8.39. The van der Waals surface area contributed by atoms with Crippen molar-refractivity contribution < 1.29 is 0 Å². The van der Waals surface area contributed by atoms with E-state index in [1.165, 1.54) is 32.3 Å². The Morgan fingerprint density at radius 3 is 1.86 bits per heavy atom. The predicted octanol–water partition coefficient (Wildman–Crippen LogP) is 10.1. The molecular formula is C39H23N3. The molecule has 3 nitrogen and oxygen atoms in total. The number of hydrogen-bond acceptors (Lipinski definition) is 3. The van der Waals surface area contributed by atoms with E-state index in [2.05, 4.69) is 115 Å². The van der Waals surface area contributed by atoms with Crippen molar-refractivity contribution in [3.05, 3.63) is 140 Å². The molecule has 0 unspecified atom stereocenters. The zero-order valence-electron chi connectivity index (χ0n) is 22.6. The highest BCUT2D eigenvalue weighted by molar-refractivity contribution is 6.26. The highest BCUT2D eigenvalue weighted by Crippen LogP contribution is 2.41. The summed E-state index contributed by atoms with van der Waals surface area (Å²) in [5, 5.41) is 9.61. The van der Waals surface area contributed by atoms with Crippen LogP contribution in [-0.4, -0.2) is 15.0 Å². The zero-order chi connectivity index (χ0) is 27.6. The van der Waals surface area contributed by atoms with Crippen molar-refractivity contribution in [1.29, 1.82) is 0 Å². The molecule has 0 aliphatic carbocycles. The molecular weight excluding hydrogens is 510 g/mol. The van der Waals surface area contributed by atoms with E-state index in [1.807, 2.05) is 24.3 Å². The van der Waals surface area contributed by atoms with Gasteiger partial charge in [-0.25, -0.2) is 15.0 Å². The van der Waals surface area contributed by atoms with Crippen molar-refractivity contribution in [3.8, 4) is 33.9 Å². The second kappa shape index (κ2) is 8.92. The Labute approximate surface area is 242 Å². The van der Waals surface area contributed by atoms with Crippen molar-refractivity contribution >= 4 is 54.1 Å². The lowest BCUT2D eigenvalue weighted by Crippen LogP contribution is -1.97. The standard InChI is InChI=1S/C39H23N3/c1-3-9-26(10-4-1)36-31-21-19-27-20-22-33(40-37(27)38(31)42-39(41-36)28-11-5-2-6-12-28)32-23-29-15-7-13-24-17-18-25-14-8-16-30(32)35(25)34(24)29/h1-23H. The van der Waals surface area contributed by atoms with Gasteiger partial charge >= 0.3 is 0 Å². The van der Waals surface area contributed by atoms with Crippen LogP contribution in [0, 0.1) is 0 Å². The van der Waals surface area contributed by atoms with E-state index in [0.717, 1.165) is 49.9 Å². The molecule has 0 aliphatic heterocycles. The summed E-state index contributed by atoms with van der Waals surface area (Å²) >= 11 is 0. The largest absolute Gasteiger partial charge is 0.245 e. The van der Waals surface area contributed by atoms with Gasteiger partial charge in [-0.05, 0) is 50.5 Å². The van der Waals surface area contributed by atoms with Crippen LogP contribution in [0.3, 0.4) is 0 Å². The van der Waals surface area contributed by atoms with Crippen molar-refractivity contribution in [3.63, 3.8) is 0 Å². The van der Waals surface area contributed by atoms with E-state index in [-0.39, 0.29) is 0 Å². The maximum atomic E-state index is 5.36. The average Bonchev–Trinajstić information content (AvgIpc) is 3.07. The molecule has 0 atom stereocenters. The van der Waals surface area contributed by atoms with Crippen LogP contribution < -0.4 is 0 Å². The molecule has 9 aromatic rings. The van der Waals surface area contributed by atoms with Crippen LogP contribution in [0.2, 0.25) is 0 Å². The molecule has 0 amide bonds. The van der Waals surface area contributed by atoms with Crippen LogP contribution >= 0.6 is 0 Å². The van der Waals surface area contributed by atoms with Gasteiger partial charge in [-0.2, -0.15) is 0 Å². The Hall–Kier alpha value is -5.67. The van der Waals surface area contributed by atoms with Gasteiger partial charge in [0.1, 0.15) is 5.52 Å². The molecule has 0 N–H and O–H groups in total. The van der Waals surface area contributed by atoms with Crippen molar-refractivity contribution in [2.45, 2.75) is 0 Å². The normalized spacial score (nSPS) is 11.8. The van der Waals surface area contributed by atoms with Crippen LogP contribution in [-0.2, 0) is 0 Å². The highest BCUT2D eigenvalue weighted by atomic mass is 14.9. The molecule has 9 rings (SSSR count). The molecule has 3 heteroatoms. The van der Waals surface area contributed by atoms with Crippen LogP contribution in [0.1, 0.15) is 0 Å². The van der Waals surface area contributed by atoms with Crippen LogP contribution in [0.5, 0.6) is 0 Å². The van der Waals surface area contributed by atoms with Gasteiger partial charge < -0.3 is 0 Å². The van der Waals surface area contributed by atoms with Crippen LogP contribution in [0.4, 0.5) is 0 Å². The second-order valence-electron chi connectivity index (χ2n) is 10.8. The molecule has 0 fully saturated rings. The summed E-state index contributed by atoms with van der Waals surface area (Å²) in [6, 6.07) is 49.0. The number of fused-ring (bicyclic) bond motifs is 3. The van der Waals surface area contributed by atoms with Gasteiger partial charge in [0.15, 0.2) is 5.82 Å². The van der Waals surface area contributed by atoms with Crippen LogP contribution in [0.25, 0.3) is 88.0 Å². The SMILES string of the molecule is c1ccc(-c2nc(-c3ccccc3)c3ccc4ccc(-c5cc6cccc7ccc8cccc5c8c76)nc4c3n2)cc1. The minimum absolute atomic E-state index is 0.698. The molecule has 0 bridgehead atoms. The maximum absolute atomic E-state index is 5.36. The van der Waals surface area contributed by atoms with Gasteiger partial charge in [0, 0.05) is 27.5 Å². The van der Waals surface area contributed by atoms with Gasteiger partial charge in [-0.15, -0.1) is 0 Å². The molecule has 0 saturated carbocycles. The Morgan fingerprint density at radius 2 is 1.05 bits per heavy atom. The first-order valence-electron chi connectivity index (χ1n) is 14.2. The molecule has 0 saturated heterocycles. The van der Waals surface area contributed by atoms with E-state index in [9.17, 15) is 0 Å². The van der Waals surface area contributed by atoms with Crippen molar-refractivity contribution in [1.82, 2.24) is 15.0 Å². The molecule has 194 valence electrons. The summed E-state index contributed by atoms with van der Waals surface area (Å²) in [7, 11) is 0. The van der Waals surface area contributed by atoms with E-state index in [4.69, 9.17) is 15.0 Å². The number of nitrogens with zero attached hydrogens (tertiary/aromatic N) is 3. The molecule has 0 radical (unpaired) electrons. The van der Waals surface area contributed by atoms with E-state index >= 15 is 0 Å². The number of hydrogen-bond donors (Lipinski definition) is 0. The summed E-state index contributed by atoms with van der Waals surface area (Å²) < 4.78 is 0. The fourth-order valence-corrected chi connectivity index (χ4v) is 6.43. The Balaban J connectivity index is 1.37. The Morgan fingerprint density at radius 1 is 0.381 bits per heavy atom. The van der Waals surface area contributed by atoms with Gasteiger partial charge in [0.05, 0.1) is 16.9 Å². The summed E-state index contributed by atoms with van der Waals surface area (Å²) in [4.78, 5) is 15.6. The first-order chi connectivity index (χ1) is 20.8. The highest BCUT2D eigenvalue weighted by Gasteiger charge is 2.17. The minimum atomic E-state index is 0.698. The molecule has 7 aromatic carbocycles. The fourth-order valence-electron chi connectivity index (χ4n) is 6.43. The summed E-state index contributed by atoms with van der Waals surface area (Å²) in [6.45, 7) is 0. The fraction of sp³-hybridized carbons (Fsp3) is 0. The number of aromatic nitrogens is 3. The zero-order valence-corrected chi connectivity index (χ0v) is 22.6. The summed E-state index contributed by atoms with van der Waals surface area (Å²) in [6.07, 6.45) is 0. The van der Waals surface area contributed by atoms with Gasteiger partial charge in [-0.3, -0.25) is 0 Å². The average molecular weight is 534 g/mol. The third kappa shape index (κ3) is 3.44. The number of rotatable bonds is 3. The van der Waals surface area contributed by atoms with Crippen molar-refractivity contribution in [2.24, 2.45) is 0 Å². The number of pyridine rings is 1. The molecule has 2 heterocycles. The summed E-state index contributed by atoms with van der Waals surface area (Å²) in [5.41, 5.74) is 6.77. The molecule has 0 spiro atoms. The lowest BCUT2D eigenvalue weighted by atomic mass is 9.90. The van der Waals surface area contributed by atoms with E-state index in [0.29, 0.717) is 5.82 Å². The van der Waals surface area contributed by atoms with E-state index < -0.39 is 0 Å². The number of benzene rings is 7. The molecule has 42 heavy (non-hydrogen) atoms. The van der Waals surface area contributed by atoms with Crippen molar-refractivity contribution in [2.75, 3.05) is 0 Å². The second-order valence-corrected chi connectivity index (χ2v) is 10.8. The predicted molar refractivity (Wildman–Crippen MR) is 175 cm³/mol. The van der Waals surface area contributed by atoms with Gasteiger partial charge in [0.2, 0.25) is 0 Å². The van der Waals surface area contributed by atoms with Gasteiger partial charge in [-0.1, -0.05) is 121 Å². The maximum Gasteiger partial charge on any atom is 0.160 e.